The summed E-state index contributed by atoms with van der Waals surface area (Å²) < 4.78 is 12.3. The minimum absolute atomic E-state index is 0.526. The van der Waals surface area contributed by atoms with Crippen molar-refractivity contribution in [1.29, 1.82) is 0 Å². The summed E-state index contributed by atoms with van der Waals surface area (Å²) in [6.45, 7) is 1.87. The zero-order valence-electron chi connectivity index (χ0n) is 14.2. The van der Waals surface area contributed by atoms with Crippen LogP contribution < -0.4 is 4.74 Å². The van der Waals surface area contributed by atoms with Gasteiger partial charge in [-0.05, 0) is 35.2 Å². The highest BCUT2D eigenvalue weighted by Gasteiger charge is 2.40. The van der Waals surface area contributed by atoms with Crippen LogP contribution in [0.15, 0.2) is 41.9 Å². The van der Waals surface area contributed by atoms with Crippen LogP contribution in [-0.4, -0.2) is 35.2 Å². The lowest BCUT2D eigenvalue weighted by molar-refractivity contribution is -0.226. The van der Waals surface area contributed by atoms with Crippen molar-refractivity contribution in [3.8, 4) is 16.9 Å². The second-order valence-electron chi connectivity index (χ2n) is 6.80. The van der Waals surface area contributed by atoms with Gasteiger partial charge in [0.15, 0.2) is 0 Å². The molecular formula is C20H18N2O3S. The predicted octanol–water partition coefficient (Wildman–Crippen LogP) is 3.82. The summed E-state index contributed by atoms with van der Waals surface area (Å²) in [6.07, 6.45) is 4.22. The van der Waals surface area contributed by atoms with Crippen LogP contribution in [0.25, 0.3) is 21.3 Å². The van der Waals surface area contributed by atoms with Gasteiger partial charge in [-0.1, -0.05) is 6.07 Å². The standard InChI is InChI=1S/C20H18N2O3S/c23-13-22-6-4-20(5-7-22)24-12-17-9-14(1-2-18(17)25-20)16-10-15-3-8-26-19(15)21-11-16/h1-3,8-11,13H,4-7,12H2. The number of fused-ring (bicyclic) bond motifs is 2. The van der Waals surface area contributed by atoms with Gasteiger partial charge in [-0.15, -0.1) is 11.3 Å². The molecule has 2 aromatic heterocycles. The number of ether oxygens (including phenoxy) is 2. The maximum absolute atomic E-state index is 10.9. The second-order valence-corrected chi connectivity index (χ2v) is 7.70. The molecule has 0 bridgehead atoms. The van der Waals surface area contributed by atoms with Gasteiger partial charge in [0.05, 0.1) is 6.61 Å². The van der Waals surface area contributed by atoms with Crippen molar-refractivity contribution in [3.05, 3.63) is 47.5 Å². The van der Waals surface area contributed by atoms with E-state index in [9.17, 15) is 4.79 Å². The Morgan fingerprint density at radius 2 is 2.04 bits per heavy atom. The molecule has 0 aliphatic carbocycles. The summed E-state index contributed by atoms with van der Waals surface area (Å²) in [7, 11) is 0. The number of hydrogen-bond acceptors (Lipinski definition) is 5. The van der Waals surface area contributed by atoms with Crippen LogP contribution in [0.5, 0.6) is 5.75 Å². The van der Waals surface area contributed by atoms with Crippen LogP contribution >= 0.6 is 11.3 Å². The number of pyridine rings is 1. The molecule has 3 aromatic rings. The number of benzene rings is 1. The molecule has 26 heavy (non-hydrogen) atoms. The van der Waals surface area contributed by atoms with Gasteiger partial charge in [0.1, 0.15) is 10.6 Å². The topological polar surface area (TPSA) is 51.7 Å². The zero-order chi connectivity index (χ0) is 17.6. The summed E-state index contributed by atoms with van der Waals surface area (Å²) in [6, 6.07) is 10.5. The van der Waals surface area contributed by atoms with Crippen molar-refractivity contribution < 1.29 is 14.3 Å². The highest BCUT2D eigenvalue weighted by atomic mass is 32.1. The zero-order valence-corrected chi connectivity index (χ0v) is 15.0. The van der Waals surface area contributed by atoms with Crippen molar-refractivity contribution in [2.45, 2.75) is 25.2 Å². The summed E-state index contributed by atoms with van der Waals surface area (Å²) in [5, 5.41) is 3.23. The Morgan fingerprint density at radius 3 is 2.88 bits per heavy atom. The number of carbonyl (C=O) groups is 1. The molecule has 0 radical (unpaired) electrons. The van der Waals surface area contributed by atoms with Crippen molar-refractivity contribution in [2.75, 3.05) is 13.1 Å². The van der Waals surface area contributed by atoms with Crippen LogP contribution in [0.2, 0.25) is 0 Å². The van der Waals surface area contributed by atoms with E-state index in [0.29, 0.717) is 32.5 Å². The average Bonchev–Trinajstić information content (AvgIpc) is 3.16. The van der Waals surface area contributed by atoms with E-state index >= 15 is 0 Å². The van der Waals surface area contributed by atoms with Gasteiger partial charge in [-0.2, -0.15) is 0 Å². The van der Waals surface area contributed by atoms with Gasteiger partial charge in [-0.3, -0.25) is 4.79 Å². The number of piperidine rings is 1. The van der Waals surface area contributed by atoms with Crippen molar-refractivity contribution in [2.24, 2.45) is 0 Å². The Morgan fingerprint density at radius 1 is 1.15 bits per heavy atom. The molecule has 0 N–H and O–H groups in total. The lowest BCUT2D eigenvalue weighted by Crippen LogP contribution is -2.50. The molecule has 1 saturated heterocycles. The molecule has 4 heterocycles. The molecule has 1 amide bonds. The largest absolute Gasteiger partial charge is 0.462 e. The average molecular weight is 366 g/mol. The molecular weight excluding hydrogens is 348 g/mol. The van der Waals surface area contributed by atoms with Crippen LogP contribution in [0.4, 0.5) is 0 Å². The maximum Gasteiger partial charge on any atom is 0.214 e. The number of rotatable bonds is 2. The van der Waals surface area contributed by atoms with E-state index in [0.717, 1.165) is 33.7 Å². The van der Waals surface area contributed by atoms with E-state index in [2.05, 4.69) is 34.6 Å². The molecule has 1 aromatic carbocycles. The number of likely N-dealkylation sites (tertiary alicyclic amines) is 1. The first-order valence-electron chi connectivity index (χ1n) is 8.74. The van der Waals surface area contributed by atoms with E-state index < -0.39 is 5.79 Å². The predicted molar refractivity (Wildman–Crippen MR) is 100 cm³/mol. The van der Waals surface area contributed by atoms with Gasteiger partial charge < -0.3 is 14.4 Å². The minimum atomic E-state index is -0.592. The normalized spacial score (nSPS) is 18.5. The van der Waals surface area contributed by atoms with E-state index in [4.69, 9.17) is 9.47 Å². The van der Waals surface area contributed by atoms with Gasteiger partial charge in [-0.25, -0.2) is 4.98 Å². The Hall–Kier alpha value is -2.44. The SMILES string of the molecule is O=CN1CCC2(CC1)OCc1cc(-c3cnc4sccc4c3)ccc1O2. The molecule has 0 unspecified atom stereocenters. The fraction of sp³-hybridized carbons (Fsp3) is 0.300. The number of amides is 1. The van der Waals surface area contributed by atoms with Crippen molar-refractivity contribution >= 4 is 28.0 Å². The third-order valence-electron chi connectivity index (χ3n) is 5.20. The van der Waals surface area contributed by atoms with E-state index in [1.54, 1.807) is 16.2 Å². The molecule has 1 spiro atoms. The van der Waals surface area contributed by atoms with Gasteiger partial charge >= 0.3 is 0 Å². The Kier molecular flexibility index (Phi) is 3.69. The van der Waals surface area contributed by atoms with E-state index in [1.807, 2.05) is 12.3 Å². The Labute approximate surface area is 155 Å². The van der Waals surface area contributed by atoms with E-state index in [1.165, 1.54) is 5.39 Å². The van der Waals surface area contributed by atoms with Gasteiger partial charge in [0.2, 0.25) is 12.2 Å². The third kappa shape index (κ3) is 2.66. The maximum atomic E-state index is 10.9. The van der Waals surface area contributed by atoms with Crippen LogP contribution in [-0.2, 0) is 16.1 Å². The van der Waals surface area contributed by atoms with Crippen molar-refractivity contribution in [1.82, 2.24) is 9.88 Å². The quantitative estimate of drug-likeness (QED) is 0.647. The number of nitrogens with zero attached hydrogens (tertiary/aromatic N) is 2. The molecule has 2 aliphatic rings. The minimum Gasteiger partial charge on any atom is -0.462 e. The van der Waals surface area contributed by atoms with Gasteiger partial charge in [0, 0.05) is 48.6 Å². The Bertz CT molecular complexity index is 976. The number of thiophene rings is 1. The molecule has 0 saturated carbocycles. The molecule has 1 fully saturated rings. The van der Waals surface area contributed by atoms with Crippen LogP contribution in [0, 0.1) is 0 Å². The smallest absolute Gasteiger partial charge is 0.214 e. The molecule has 0 atom stereocenters. The number of hydrogen-bond donors (Lipinski definition) is 0. The molecule has 6 heteroatoms. The summed E-state index contributed by atoms with van der Waals surface area (Å²) in [4.78, 5) is 18.3. The molecule has 5 rings (SSSR count). The summed E-state index contributed by atoms with van der Waals surface area (Å²) in [5.74, 6) is 0.287. The van der Waals surface area contributed by atoms with Crippen molar-refractivity contribution in [3.63, 3.8) is 0 Å². The molecule has 2 aliphatic heterocycles. The fourth-order valence-corrected chi connectivity index (χ4v) is 4.36. The number of aromatic nitrogens is 1. The van der Waals surface area contributed by atoms with Gasteiger partial charge in [0.25, 0.3) is 0 Å². The fourth-order valence-electron chi connectivity index (χ4n) is 3.64. The molecule has 132 valence electrons. The first-order valence-corrected chi connectivity index (χ1v) is 9.62. The Balaban J connectivity index is 1.41. The molecule has 5 nitrogen and oxygen atoms in total. The third-order valence-corrected chi connectivity index (χ3v) is 6.03. The highest BCUT2D eigenvalue weighted by molar-refractivity contribution is 7.16. The summed E-state index contributed by atoms with van der Waals surface area (Å²) >= 11 is 1.65. The van der Waals surface area contributed by atoms with Crippen LogP contribution in [0.3, 0.4) is 0 Å². The first kappa shape index (κ1) is 15.8. The lowest BCUT2D eigenvalue weighted by Gasteiger charge is -2.43. The van der Waals surface area contributed by atoms with E-state index in [-0.39, 0.29) is 0 Å². The summed E-state index contributed by atoms with van der Waals surface area (Å²) in [5.41, 5.74) is 3.26. The van der Waals surface area contributed by atoms with Crippen LogP contribution in [0.1, 0.15) is 18.4 Å². The second kappa shape index (κ2) is 6.07. The number of carbonyl (C=O) groups excluding carboxylic acids is 1. The lowest BCUT2D eigenvalue weighted by atomic mass is 9.99. The first-order chi connectivity index (χ1) is 12.7. The highest BCUT2D eigenvalue weighted by Crippen LogP contribution is 2.39. The monoisotopic (exact) mass is 366 g/mol.